The molecule has 0 saturated heterocycles. The Morgan fingerprint density at radius 2 is 1.63 bits per heavy atom. The van der Waals surface area contributed by atoms with E-state index in [1.54, 1.807) is 0 Å². The molecule has 0 aliphatic heterocycles. The van der Waals surface area contributed by atoms with Crippen molar-refractivity contribution in [2.75, 3.05) is 0 Å². The summed E-state index contributed by atoms with van der Waals surface area (Å²) in [5.41, 5.74) is 4.93. The van der Waals surface area contributed by atoms with Crippen molar-refractivity contribution in [3.8, 4) is 0 Å². The lowest BCUT2D eigenvalue weighted by Gasteiger charge is -2.20. The van der Waals surface area contributed by atoms with E-state index in [0.717, 1.165) is 5.56 Å². The fourth-order valence-electron chi connectivity index (χ4n) is 2.78. The maximum Gasteiger partial charge on any atom is 0.307 e. The van der Waals surface area contributed by atoms with Crippen LogP contribution >= 0.6 is 0 Å². The quantitative estimate of drug-likeness (QED) is 0.850. The monoisotopic (exact) mass is 260 g/mol. The Hall–Kier alpha value is -1.31. The standard InChI is InChI=1S/C17H24O2/c1-10(2)14-7-13(12-5-6-12)8-15(11(3)4)16(14)9-17(18)19/h7-8,10-12H,5-6,9H2,1-4H3,(H,18,19). The van der Waals surface area contributed by atoms with E-state index < -0.39 is 5.97 Å². The van der Waals surface area contributed by atoms with Crippen molar-refractivity contribution in [1.29, 1.82) is 0 Å². The van der Waals surface area contributed by atoms with Crippen molar-refractivity contribution in [1.82, 2.24) is 0 Å². The molecule has 0 heterocycles. The van der Waals surface area contributed by atoms with Gasteiger partial charge >= 0.3 is 5.97 Å². The molecule has 0 spiro atoms. The van der Waals surface area contributed by atoms with Gasteiger partial charge in [0, 0.05) is 0 Å². The van der Waals surface area contributed by atoms with Gasteiger partial charge in [-0.05, 0) is 52.8 Å². The number of hydrogen-bond acceptors (Lipinski definition) is 1. The third-order valence-electron chi connectivity index (χ3n) is 3.96. The van der Waals surface area contributed by atoms with E-state index in [2.05, 4.69) is 39.8 Å². The smallest absolute Gasteiger partial charge is 0.307 e. The second-order valence-corrected chi connectivity index (χ2v) is 6.33. The van der Waals surface area contributed by atoms with Crippen molar-refractivity contribution in [2.45, 2.75) is 64.7 Å². The molecule has 2 nitrogen and oxygen atoms in total. The molecule has 1 saturated carbocycles. The minimum absolute atomic E-state index is 0.145. The van der Waals surface area contributed by atoms with Crippen LogP contribution in [0.3, 0.4) is 0 Å². The summed E-state index contributed by atoms with van der Waals surface area (Å²) in [6.07, 6.45) is 2.71. The zero-order valence-corrected chi connectivity index (χ0v) is 12.4. The number of aliphatic carboxylic acids is 1. The molecule has 1 aromatic carbocycles. The molecule has 2 heteroatoms. The second kappa shape index (κ2) is 5.36. The van der Waals surface area contributed by atoms with E-state index in [-0.39, 0.29) is 6.42 Å². The fraction of sp³-hybridized carbons (Fsp3) is 0.588. The van der Waals surface area contributed by atoms with E-state index in [1.165, 1.54) is 29.5 Å². The minimum Gasteiger partial charge on any atom is -0.481 e. The maximum absolute atomic E-state index is 11.1. The number of carboxylic acid groups (broad SMARTS) is 1. The van der Waals surface area contributed by atoms with E-state index in [9.17, 15) is 9.90 Å². The van der Waals surface area contributed by atoms with Crippen LogP contribution in [0.15, 0.2) is 12.1 Å². The van der Waals surface area contributed by atoms with Crippen LogP contribution in [0.25, 0.3) is 0 Å². The van der Waals surface area contributed by atoms with Crippen molar-refractivity contribution < 1.29 is 9.90 Å². The molecule has 0 bridgehead atoms. The molecular weight excluding hydrogens is 236 g/mol. The fourth-order valence-corrected chi connectivity index (χ4v) is 2.78. The minimum atomic E-state index is -0.733. The normalized spacial score (nSPS) is 15.3. The van der Waals surface area contributed by atoms with Gasteiger partial charge in [0.2, 0.25) is 0 Å². The molecule has 1 N–H and O–H groups in total. The maximum atomic E-state index is 11.1. The lowest BCUT2D eigenvalue weighted by molar-refractivity contribution is -0.136. The van der Waals surface area contributed by atoms with E-state index in [1.807, 2.05) is 0 Å². The van der Waals surface area contributed by atoms with Gasteiger partial charge in [0.1, 0.15) is 0 Å². The molecule has 0 radical (unpaired) electrons. The van der Waals surface area contributed by atoms with Crippen LogP contribution in [0.2, 0.25) is 0 Å². The first-order valence-corrected chi connectivity index (χ1v) is 7.28. The van der Waals surface area contributed by atoms with Gasteiger partial charge in [-0.2, -0.15) is 0 Å². The van der Waals surface area contributed by atoms with Gasteiger partial charge in [-0.15, -0.1) is 0 Å². The van der Waals surface area contributed by atoms with Crippen LogP contribution in [-0.4, -0.2) is 11.1 Å². The molecule has 0 amide bonds. The molecule has 2 rings (SSSR count). The molecule has 19 heavy (non-hydrogen) atoms. The van der Waals surface area contributed by atoms with Gasteiger partial charge in [-0.1, -0.05) is 39.8 Å². The number of rotatable bonds is 5. The predicted molar refractivity (Wildman–Crippen MR) is 77.9 cm³/mol. The van der Waals surface area contributed by atoms with Crippen LogP contribution in [0.4, 0.5) is 0 Å². The highest BCUT2D eigenvalue weighted by Crippen LogP contribution is 2.43. The Morgan fingerprint density at radius 1 is 1.16 bits per heavy atom. The molecule has 104 valence electrons. The third-order valence-corrected chi connectivity index (χ3v) is 3.96. The topological polar surface area (TPSA) is 37.3 Å². The molecule has 1 aliphatic rings. The van der Waals surface area contributed by atoms with Crippen LogP contribution in [0.5, 0.6) is 0 Å². The Morgan fingerprint density at radius 3 is 1.95 bits per heavy atom. The van der Waals surface area contributed by atoms with Gasteiger partial charge in [0.15, 0.2) is 0 Å². The largest absolute Gasteiger partial charge is 0.481 e. The van der Waals surface area contributed by atoms with Crippen LogP contribution < -0.4 is 0 Å². The van der Waals surface area contributed by atoms with Crippen LogP contribution in [-0.2, 0) is 11.2 Å². The Bertz CT molecular complexity index is 453. The van der Waals surface area contributed by atoms with Gasteiger partial charge in [-0.25, -0.2) is 0 Å². The average Bonchev–Trinajstić information content (AvgIpc) is 3.11. The van der Waals surface area contributed by atoms with Crippen LogP contribution in [0.1, 0.15) is 80.5 Å². The van der Waals surface area contributed by atoms with Gasteiger partial charge in [0.05, 0.1) is 6.42 Å². The summed E-state index contributed by atoms with van der Waals surface area (Å²) in [5.74, 6) is 0.743. The lowest BCUT2D eigenvalue weighted by atomic mass is 9.84. The summed E-state index contributed by atoms with van der Waals surface area (Å²) in [5, 5.41) is 9.17. The molecule has 1 aliphatic carbocycles. The first-order valence-electron chi connectivity index (χ1n) is 7.28. The second-order valence-electron chi connectivity index (χ2n) is 6.33. The van der Waals surface area contributed by atoms with Gasteiger partial charge in [-0.3, -0.25) is 4.79 Å². The highest BCUT2D eigenvalue weighted by molar-refractivity contribution is 5.72. The molecule has 0 unspecified atom stereocenters. The molecule has 1 aromatic rings. The Balaban J connectivity index is 2.55. The Kier molecular flexibility index (Phi) is 3.98. The highest BCUT2D eigenvalue weighted by atomic mass is 16.4. The zero-order valence-electron chi connectivity index (χ0n) is 12.4. The number of carboxylic acids is 1. The van der Waals surface area contributed by atoms with Crippen molar-refractivity contribution in [3.63, 3.8) is 0 Å². The molecular formula is C17H24O2. The number of carbonyl (C=O) groups is 1. The summed E-state index contributed by atoms with van der Waals surface area (Å²) in [6.45, 7) is 8.62. The third kappa shape index (κ3) is 3.17. The summed E-state index contributed by atoms with van der Waals surface area (Å²) in [7, 11) is 0. The molecule has 0 atom stereocenters. The Labute approximate surface area is 115 Å². The summed E-state index contributed by atoms with van der Waals surface area (Å²) < 4.78 is 0. The first kappa shape index (κ1) is 14.1. The van der Waals surface area contributed by atoms with Crippen molar-refractivity contribution in [2.24, 2.45) is 0 Å². The van der Waals surface area contributed by atoms with E-state index in [4.69, 9.17) is 0 Å². The van der Waals surface area contributed by atoms with E-state index >= 15 is 0 Å². The molecule has 1 fully saturated rings. The zero-order chi connectivity index (χ0) is 14.2. The van der Waals surface area contributed by atoms with Gasteiger partial charge in [0.25, 0.3) is 0 Å². The van der Waals surface area contributed by atoms with Gasteiger partial charge < -0.3 is 5.11 Å². The average molecular weight is 260 g/mol. The summed E-state index contributed by atoms with van der Waals surface area (Å²) in [4.78, 5) is 11.1. The van der Waals surface area contributed by atoms with Crippen molar-refractivity contribution in [3.05, 3.63) is 34.4 Å². The van der Waals surface area contributed by atoms with Crippen molar-refractivity contribution >= 4 is 5.97 Å². The van der Waals surface area contributed by atoms with E-state index in [0.29, 0.717) is 17.8 Å². The SMILES string of the molecule is CC(C)c1cc(C2CC2)cc(C(C)C)c1CC(=O)O. The summed E-state index contributed by atoms with van der Waals surface area (Å²) in [6, 6.07) is 4.51. The summed E-state index contributed by atoms with van der Waals surface area (Å²) >= 11 is 0. The highest BCUT2D eigenvalue weighted by Gasteiger charge is 2.26. The molecule has 0 aromatic heterocycles. The lowest BCUT2D eigenvalue weighted by Crippen LogP contribution is -2.10. The number of hydrogen-bond donors (Lipinski definition) is 1. The number of benzene rings is 1. The predicted octanol–water partition coefficient (Wildman–Crippen LogP) is 4.44. The van der Waals surface area contributed by atoms with Crippen LogP contribution in [0, 0.1) is 0 Å². The first-order chi connectivity index (χ1) is 8.90.